The van der Waals surface area contributed by atoms with Crippen molar-refractivity contribution in [3.8, 4) is 17.0 Å². The molecule has 0 spiro atoms. The molecule has 0 radical (unpaired) electrons. The van der Waals surface area contributed by atoms with Crippen molar-refractivity contribution in [2.75, 3.05) is 6.54 Å². The molecule has 0 bridgehead atoms. The molecule has 5 rings (SSSR count). The van der Waals surface area contributed by atoms with Gasteiger partial charge in [0.15, 0.2) is 0 Å². The number of fused-ring (bicyclic) bond motifs is 5. The topological polar surface area (TPSA) is 45.2 Å². The summed E-state index contributed by atoms with van der Waals surface area (Å²) in [7, 11) is 0. The number of halogens is 1. The summed E-state index contributed by atoms with van der Waals surface area (Å²) in [4.78, 5) is 5.04. The van der Waals surface area contributed by atoms with E-state index in [1.807, 2.05) is 12.1 Å². The zero-order chi connectivity index (χ0) is 17.7. The molecular weight excluding hydrogens is 388 g/mol. The third-order valence-electron chi connectivity index (χ3n) is 5.17. The van der Waals surface area contributed by atoms with Gasteiger partial charge in [-0.25, -0.2) is 4.98 Å². The number of aromatic nitrogens is 1. The molecule has 128 valence electrons. The number of rotatable bonds is 1. The van der Waals surface area contributed by atoms with Crippen LogP contribution in [0.15, 0.2) is 59.1 Å². The summed E-state index contributed by atoms with van der Waals surface area (Å²) >= 11 is 3.43. The molecule has 0 unspecified atom stereocenters. The summed E-state index contributed by atoms with van der Waals surface area (Å²) in [6.07, 6.45) is 0.995. The van der Waals surface area contributed by atoms with Gasteiger partial charge in [-0.2, -0.15) is 0 Å². The molecule has 0 atom stereocenters. The van der Waals surface area contributed by atoms with Gasteiger partial charge in [-0.05, 0) is 75.1 Å². The normalized spacial score (nSPS) is 13.9. The molecule has 0 fully saturated rings. The summed E-state index contributed by atoms with van der Waals surface area (Å²) < 4.78 is 0.688. The third-order valence-corrected chi connectivity index (χ3v) is 5.80. The van der Waals surface area contributed by atoms with E-state index in [1.165, 1.54) is 27.3 Å². The van der Waals surface area contributed by atoms with Crippen LogP contribution in [0.2, 0.25) is 0 Å². The largest absolute Gasteiger partial charge is 0.507 e. The molecule has 0 aliphatic carbocycles. The van der Waals surface area contributed by atoms with E-state index in [-0.39, 0.29) is 5.75 Å². The highest BCUT2D eigenvalue weighted by Crippen LogP contribution is 2.37. The Morgan fingerprint density at radius 1 is 1.00 bits per heavy atom. The third kappa shape index (κ3) is 2.41. The number of hydrogen-bond acceptors (Lipinski definition) is 3. The molecule has 0 saturated heterocycles. The Morgan fingerprint density at radius 2 is 1.88 bits per heavy atom. The van der Waals surface area contributed by atoms with Crippen molar-refractivity contribution in [2.45, 2.75) is 13.0 Å². The van der Waals surface area contributed by atoms with Crippen LogP contribution in [0, 0.1) is 0 Å². The highest BCUT2D eigenvalue weighted by molar-refractivity contribution is 9.10. The smallest absolute Gasteiger partial charge is 0.129 e. The molecule has 3 nitrogen and oxygen atoms in total. The first-order valence-electron chi connectivity index (χ1n) is 8.75. The monoisotopic (exact) mass is 404 g/mol. The summed E-state index contributed by atoms with van der Waals surface area (Å²) in [6.45, 7) is 1.80. The van der Waals surface area contributed by atoms with Gasteiger partial charge in [-0.3, -0.25) is 0 Å². The van der Waals surface area contributed by atoms with E-state index in [9.17, 15) is 5.11 Å². The van der Waals surface area contributed by atoms with Crippen LogP contribution >= 0.6 is 15.9 Å². The van der Waals surface area contributed by atoms with Crippen molar-refractivity contribution >= 4 is 37.6 Å². The Kier molecular flexibility index (Phi) is 3.69. The second-order valence-corrected chi connectivity index (χ2v) is 7.55. The van der Waals surface area contributed by atoms with Crippen molar-refractivity contribution in [1.29, 1.82) is 0 Å². The van der Waals surface area contributed by atoms with E-state index in [0.29, 0.717) is 4.47 Å². The molecular formula is C22H17BrN2O. The second kappa shape index (κ2) is 6.08. The average Bonchev–Trinajstić information content (AvgIpc) is 2.69. The first-order chi connectivity index (χ1) is 12.7. The van der Waals surface area contributed by atoms with Gasteiger partial charge in [0.05, 0.1) is 15.7 Å². The molecule has 0 saturated carbocycles. The summed E-state index contributed by atoms with van der Waals surface area (Å²) in [5.41, 5.74) is 5.70. The number of benzene rings is 3. The fourth-order valence-electron chi connectivity index (χ4n) is 3.94. The first kappa shape index (κ1) is 15.8. The number of pyridine rings is 1. The Balaban J connectivity index is 1.88. The molecule has 2 N–H and O–H groups in total. The number of phenols is 1. The van der Waals surface area contributed by atoms with Crippen LogP contribution in [-0.2, 0) is 13.0 Å². The maximum absolute atomic E-state index is 9.84. The molecule has 4 aromatic rings. The van der Waals surface area contributed by atoms with E-state index in [0.717, 1.165) is 36.3 Å². The minimum Gasteiger partial charge on any atom is -0.507 e. The van der Waals surface area contributed by atoms with E-state index < -0.39 is 0 Å². The standard InChI is InChI=1S/C22H17BrN2O/c23-18-11-14(6-8-20(18)26)22-17-12-24-10-9-16(17)21-15-4-2-1-3-13(15)5-7-19(21)25-22/h1-8,11,24,26H,9-10,12H2. The minimum atomic E-state index is 0.243. The number of nitrogens with zero attached hydrogens (tertiary/aromatic N) is 1. The molecule has 3 aromatic carbocycles. The second-order valence-electron chi connectivity index (χ2n) is 6.69. The number of hydrogen-bond donors (Lipinski definition) is 2. The lowest BCUT2D eigenvalue weighted by atomic mass is 9.90. The Morgan fingerprint density at radius 3 is 2.77 bits per heavy atom. The van der Waals surface area contributed by atoms with Crippen molar-refractivity contribution in [3.05, 3.63) is 70.2 Å². The zero-order valence-electron chi connectivity index (χ0n) is 14.1. The maximum atomic E-state index is 9.84. The van der Waals surface area contributed by atoms with Crippen molar-refractivity contribution in [1.82, 2.24) is 10.3 Å². The summed E-state index contributed by atoms with van der Waals surface area (Å²) in [5, 5.41) is 17.1. The SMILES string of the molecule is Oc1ccc(-c2nc3ccc4ccccc4c3c3c2CNCC3)cc1Br. The quantitative estimate of drug-likeness (QED) is 0.430. The van der Waals surface area contributed by atoms with Crippen LogP contribution in [0.25, 0.3) is 32.9 Å². The predicted molar refractivity (Wildman–Crippen MR) is 109 cm³/mol. The van der Waals surface area contributed by atoms with E-state index >= 15 is 0 Å². The van der Waals surface area contributed by atoms with Crippen LogP contribution in [0.1, 0.15) is 11.1 Å². The highest BCUT2D eigenvalue weighted by Gasteiger charge is 2.20. The average molecular weight is 405 g/mol. The number of nitrogens with one attached hydrogen (secondary N) is 1. The highest BCUT2D eigenvalue weighted by atomic mass is 79.9. The lowest BCUT2D eigenvalue weighted by Gasteiger charge is -2.23. The van der Waals surface area contributed by atoms with E-state index in [1.54, 1.807) is 6.07 Å². The predicted octanol–water partition coefficient (Wildman–Crippen LogP) is 5.17. The lowest BCUT2D eigenvalue weighted by Crippen LogP contribution is -2.25. The van der Waals surface area contributed by atoms with Crippen LogP contribution in [0.4, 0.5) is 0 Å². The van der Waals surface area contributed by atoms with E-state index in [2.05, 4.69) is 57.6 Å². The van der Waals surface area contributed by atoms with Gasteiger partial charge < -0.3 is 10.4 Å². The first-order valence-corrected chi connectivity index (χ1v) is 9.54. The maximum Gasteiger partial charge on any atom is 0.129 e. The van der Waals surface area contributed by atoms with Crippen LogP contribution in [0.5, 0.6) is 5.75 Å². The van der Waals surface area contributed by atoms with E-state index in [4.69, 9.17) is 4.98 Å². The Bertz CT molecular complexity index is 1170. The van der Waals surface area contributed by atoms with Gasteiger partial charge in [0.2, 0.25) is 0 Å². The van der Waals surface area contributed by atoms with Crippen molar-refractivity contribution < 1.29 is 5.11 Å². The fourth-order valence-corrected chi connectivity index (χ4v) is 4.32. The Hall–Kier alpha value is -2.43. The summed E-state index contributed by atoms with van der Waals surface area (Å²) in [5.74, 6) is 0.243. The molecule has 4 heteroatoms. The molecule has 1 aromatic heterocycles. The van der Waals surface area contributed by atoms with Crippen LogP contribution in [-0.4, -0.2) is 16.6 Å². The van der Waals surface area contributed by atoms with Gasteiger partial charge in [-0.1, -0.05) is 30.3 Å². The van der Waals surface area contributed by atoms with Crippen LogP contribution < -0.4 is 5.32 Å². The molecule has 1 aliphatic rings. The van der Waals surface area contributed by atoms with Gasteiger partial charge in [0, 0.05) is 17.5 Å². The van der Waals surface area contributed by atoms with Gasteiger partial charge in [0.25, 0.3) is 0 Å². The van der Waals surface area contributed by atoms with Crippen molar-refractivity contribution in [3.63, 3.8) is 0 Å². The number of phenolic OH excluding ortho intramolecular Hbond substituents is 1. The fraction of sp³-hybridized carbons (Fsp3) is 0.136. The number of aromatic hydroxyl groups is 1. The zero-order valence-corrected chi connectivity index (χ0v) is 15.7. The molecule has 0 amide bonds. The summed E-state index contributed by atoms with van der Waals surface area (Å²) in [6, 6.07) is 18.4. The van der Waals surface area contributed by atoms with Gasteiger partial charge in [0.1, 0.15) is 5.75 Å². The molecule has 26 heavy (non-hydrogen) atoms. The molecule has 1 aliphatic heterocycles. The Labute approximate surface area is 159 Å². The van der Waals surface area contributed by atoms with Gasteiger partial charge in [-0.15, -0.1) is 0 Å². The minimum absolute atomic E-state index is 0.243. The van der Waals surface area contributed by atoms with Crippen molar-refractivity contribution in [2.24, 2.45) is 0 Å². The van der Waals surface area contributed by atoms with Crippen LogP contribution in [0.3, 0.4) is 0 Å². The lowest BCUT2D eigenvalue weighted by molar-refractivity contribution is 0.472. The van der Waals surface area contributed by atoms with Gasteiger partial charge >= 0.3 is 0 Å². The molecule has 2 heterocycles.